The third kappa shape index (κ3) is 5.26. The maximum absolute atomic E-state index is 14.4. The summed E-state index contributed by atoms with van der Waals surface area (Å²) in [6, 6.07) is 0.649. The molecule has 0 radical (unpaired) electrons. The van der Waals surface area contributed by atoms with Crippen LogP contribution in [0, 0.1) is 23.4 Å². The fourth-order valence-corrected chi connectivity index (χ4v) is 4.51. The number of benzene rings is 2. The molecule has 0 unspecified atom stereocenters. The molecule has 2 aromatic carbocycles. The molecule has 2 aromatic rings. The van der Waals surface area contributed by atoms with Crippen LogP contribution in [0.4, 0.5) is 41.4 Å². The minimum absolute atomic E-state index is 0.0115. The minimum atomic E-state index is -10.4. The number of hydrogen-bond acceptors (Lipinski definition) is 1. The molecule has 180 valence electrons. The fourth-order valence-electron chi connectivity index (χ4n) is 3.76. The Bertz CT molecular complexity index is 1000. The highest BCUT2D eigenvalue weighted by atomic mass is 32.5. The minimum Gasteiger partial charge on any atom is -0.429 e. The van der Waals surface area contributed by atoms with Crippen LogP contribution in [0.1, 0.15) is 49.7 Å². The van der Waals surface area contributed by atoms with Crippen molar-refractivity contribution >= 4 is 10.2 Å². The predicted molar refractivity (Wildman–Crippen MR) is 99.1 cm³/mol. The van der Waals surface area contributed by atoms with Gasteiger partial charge in [-0.05, 0) is 54.5 Å². The second kappa shape index (κ2) is 7.19. The van der Waals surface area contributed by atoms with Gasteiger partial charge in [0.05, 0.1) is 0 Å². The molecule has 0 N–H and O–H groups in total. The fraction of sp³-hybridized carbons (Fsp3) is 0.400. The molecule has 0 spiro atoms. The summed E-state index contributed by atoms with van der Waals surface area (Å²) >= 11 is 0. The number of rotatable bonds is 5. The van der Waals surface area contributed by atoms with Crippen LogP contribution in [0.3, 0.4) is 0 Å². The average Bonchev–Trinajstić information content (AvgIpc) is 2.58. The molecule has 0 aromatic heterocycles. The van der Waals surface area contributed by atoms with E-state index in [0.29, 0.717) is 18.8 Å². The third-order valence-corrected chi connectivity index (χ3v) is 6.57. The van der Waals surface area contributed by atoms with Gasteiger partial charge in [-0.25, -0.2) is 13.2 Å². The van der Waals surface area contributed by atoms with Crippen molar-refractivity contribution < 1.29 is 46.1 Å². The number of ether oxygens (including phenoxy) is 1. The SMILES string of the molecule is CC1CCC(c2cc(F)c(C(F)(F)Oc3ccc(S(F)(F)(F)(F)F)c(F)c3)c(F)c2)CC1. The summed E-state index contributed by atoms with van der Waals surface area (Å²) in [5, 5.41) is 0. The Kier molecular flexibility index (Phi) is 5.51. The molecule has 0 heterocycles. The number of alkyl halides is 2. The lowest BCUT2D eigenvalue weighted by Crippen LogP contribution is -2.26. The van der Waals surface area contributed by atoms with E-state index < -0.39 is 56.1 Å². The monoisotopic (exact) mass is 496 g/mol. The summed E-state index contributed by atoms with van der Waals surface area (Å²) in [6.45, 7) is 2.02. The van der Waals surface area contributed by atoms with Gasteiger partial charge in [0.25, 0.3) is 0 Å². The van der Waals surface area contributed by atoms with Gasteiger partial charge in [0, 0.05) is 6.07 Å². The summed E-state index contributed by atoms with van der Waals surface area (Å²) < 4.78 is 139. The topological polar surface area (TPSA) is 9.23 Å². The molecule has 1 aliphatic rings. The lowest BCUT2D eigenvalue weighted by atomic mass is 9.79. The smallest absolute Gasteiger partial charge is 0.429 e. The van der Waals surface area contributed by atoms with E-state index in [1.807, 2.05) is 6.92 Å². The lowest BCUT2D eigenvalue weighted by molar-refractivity contribution is -0.189. The molecule has 0 atom stereocenters. The first kappa shape index (κ1) is 24.5. The molecule has 0 amide bonds. The Morgan fingerprint density at radius 2 is 1.34 bits per heavy atom. The first-order chi connectivity index (χ1) is 14.4. The normalized spacial score (nSPS) is 22.2. The van der Waals surface area contributed by atoms with Gasteiger partial charge < -0.3 is 4.74 Å². The van der Waals surface area contributed by atoms with E-state index >= 15 is 0 Å². The van der Waals surface area contributed by atoms with Gasteiger partial charge in [0.1, 0.15) is 33.7 Å². The molecule has 0 aliphatic heterocycles. The van der Waals surface area contributed by atoms with E-state index in [9.17, 15) is 41.4 Å². The quantitative estimate of drug-likeness (QED) is 0.375. The maximum Gasteiger partial charge on any atom is 0.432 e. The van der Waals surface area contributed by atoms with Crippen molar-refractivity contribution in [3.8, 4) is 5.75 Å². The zero-order chi connectivity index (χ0) is 24.2. The Morgan fingerprint density at radius 3 is 1.81 bits per heavy atom. The second-order valence-corrected chi connectivity index (χ2v) is 10.4. The van der Waals surface area contributed by atoms with Crippen LogP contribution in [0.5, 0.6) is 5.75 Å². The van der Waals surface area contributed by atoms with E-state index in [0.717, 1.165) is 25.0 Å². The van der Waals surface area contributed by atoms with Crippen LogP contribution in [0.25, 0.3) is 0 Å². The Labute approximate surface area is 177 Å². The standard InChI is InChI=1S/C20H18F10OS/c1-11-2-4-12(5-3-11)13-8-16(22)19(17(23)9-13)20(24,25)31-14-6-7-18(15(21)10-14)32(26,27,28,29)30/h6-12H,2-5H2,1H3. The molecule has 1 fully saturated rings. The summed E-state index contributed by atoms with van der Waals surface area (Å²) in [5.74, 6) is -7.01. The van der Waals surface area contributed by atoms with Crippen molar-refractivity contribution in [2.45, 2.75) is 49.5 Å². The molecule has 12 heteroatoms. The van der Waals surface area contributed by atoms with Gasteiger partial charge in [-0.2, -0.15) is 8.78 Å². The van der Waals surface area contributed by atoms with Gasteiger partial charge in [0.2, 0.25) is 0 Å². The van der Waals surface area contributed by atoms with Crippen molar-refractivity contribution in [3.05, 3.63) is 58.9 Å². The highest BCUT2D eigenvalue weighted by Crippen LogP contribution is 3.02. The van der Waals surface area contributed by atoms with Gasteiger partial charge in [-0.15, -0.1) is 0 Å². The molecule has 3 rings (SSSR count). The molecule has 1 aliphatic carbocycles. The first-order valence-corrected chi connectivity index (χ1v) is 11.4. The zero-order valence-electron chi connectivity index (χ0n) is 16.5. The van der Waals surface area contributed by atoms with Crippen molar-refractivity contribution in [1.82, 2.24) is 0 Å². The summed E-state index contributed by atoms with van der Waals surface area (Å²) in [7, 11) is -10.4. The lowest BCUT2D eigenvalue weighted by Gasteiger charge is -2.40. The van der Waals surface area contributed by atoms with Crippen LogP contribution in [0.15, 0.2) is 35.2 Å². The van der Waals surface area contributed by atoms with Crippen LogP contribution < -0.4 is 4.74 Å². The maximum atomic E-state index is 14.4. The van der Waals surface area contributed by atoms with E-state index in [1.165, 1.54) is 0 Å². The van der Waals surface area contributed by atoms with Gasteiger partial charge >= 0.3 is 16.3 Å². The zero-order valence-corrected chi connectivity index (χ0v) is 17.3. The molecular formula is C20H18F10OS. The summed E-state index contributed by atoms with van der Waals surface area (Å²) in [6.07, 6.45) is -1.93. The summed E-state index contributed by atoms with van der Waals surface area (Å²) in [4.78, 5) is -2.93. The van der Waals surface area contributed by atoms with Crippen molar-refractivity contribution in [3.63, 3.8) is 0 Å². The molecule has 32 heavy (non-hydrogen) atoms. The van der Waals surface area contributed by atoms with E-state index in [1.54, 1.807) is 0 Å². The van der Waals surface area contributed by atoms with Crippen LogP contribution in [0.2, 0.25) is 0 Å². The summed E-state index contributed by atoms with van der Waals surface area (Å²) in [5.41, 5.74) is -1.65. The van der Waals surface area contributed by atoms with Crippen molar-refractivity contribution in [2.75, 3.05) is 0 Å². The molecule has 1 saturated carbocycles. The van der Waals surface area contributed by atoms with Crippen molar-refractivity contribution in [1.29, 1.82) is 0 Å². The Morgan fingerprint density at radius 1 is 0.812 bits per heavy atom. The van der Waals surface area contributed by atoms with Crippen LogP contribution >= 0.6 is 10.2 Å². The third-order valence-electron chi connectivity index (χ3n) is 5.41. The van der Waals surface area contributed by atoms with Crippen molar-refractivity contribution in [2.24, 2.45) is 5.92 Å². The van der Waals surface area contributed by atoms with Crippen LogP contribution in [-0.2, 0) is 6.11 Å². The first-order valence-electron chi connectivity index (χ1n) is 9.47. The largest absolute Gasteiger partial charge is 0.432 e. The van der Waals surface area contributed by atoms with Gasteiger partial charge in [0.15, 0.2) is 0 Å². The van der Waals surface area contributed by atoms with Gasteiger partial charge in [-0.3, -0.25) is 0 Å². The molecular weight excluding hydrogens is 478 g/mol. The second-order valence-electron chi connectivity index (χ2n) is 8.00. The Hall–Kier alpha value is -2.11. The van der Waals surface area contributed by atoms with E-state index in [-0.39, 0.29) is 23.6 Å². The molecule has 1 nitrogen and oxygen atoms in total. The molecule has 0 saturated heterocycles. The number of halogens is 10. The number of hydrogen-bond donors (Lipinski definition) is 0. The predicted octanol–water partition coefficient (Wildman–Crippen LogP) is 9.18. The van der Waals surface area contributed by atoms with Gasteiger partial charge in [-0.1, -0.05) is 39.2 Å². The average molecular weight is 496 g/mol. The Balaban J connectivity index is 1.89. The van der Waals surface area contributed by atoms with E-state index in [4.69, 9.17) is 0 Å². The van der Waals surface area contributed by atoms with Crippen LogP contribution in [-0.4, -0.2) is 0 Å². The highest BCUT2D eigenvalue weighted by molar-refractivity contribution is 8.45. The highest BCUT2D eigenvalue weighted by Gasteiger charge is 2.67. The molecule has 0 bridgehead atoms. The van der Waals surface area contributed by atoms with E-state index in [2.05, 4.69) is 4.74 Å².